The smallest absolute Gasteiger partial charge is 0.257 e. The number of ether oxygens (including phenoxy) is 1. The summed E-state index contributed by atoms with van der Waals surface area (Å²) in [6.07, 6.45) is 2.57. The molecule has 1 heterocycles. The van der Waals surface area contributed by atoms with E-state index in [-0.39, 0.29) is 5.91 Å². The van der Waals surface area contributed by atoms with Crippen molar-refractivity contribution in [2.24, 2.45) is 0 Å². The van der Waals surface area contributed by atoms with E-state index in [4.69, 9.17) is 4.74 Å². The van der Waals surface area contributed by atoms with Crippen molar-refractivity contribution in [3.8, 4) is 5.75 Å². The molecule has 0 unspecified atom stereocenters. The van der Waals surface area contributed by atoms with Crippen LogP contribution in [0.3, 0.4) is 0 Å². The Hall–Kier alpha value is -3.34. The maximum atomic E-state index is 12.5. The van der Waals surface area contributed by atoms with Crippen molar-refractivity contribution in [2.75, 3.05) is 17.2 Å². The van der Waals surface area contributed by atoms with Gasteiger partial charge in [-0.05, 0) is 55.3 Å². The van der Waals surface area contributed by atoms with Gasteiger partial charge in [-0.2, -0.15) is 0 Å². The average molecular weight is 361 g/mol. The number of hydrogen-bond donors (Lipinski definition) is 2. The third kappa shape index (κ3) is 4.85. The van der Waals surface area contributed by atoms with Gasteiger partial charge in [-0.1, -0.05) is 31.2 Å². The van der Waals surface area contributed by atoms with E-state index in [1.165, 1.54) is 5.56 Å². The van der Waals surface area contributed by atoms with Gasteiger partial charge in [-0.15, -0.1) is 0 Å². The SMILES string of the molecule is CCOc1ccccc1NC(=O)c1ccc(Nc2ccc(CC)cc2)nc1. The van der Waals surface area contributed by atoms with Crippen molar-refractivity contribution in [1.29, 1.82) is 0 Å². The number of pyridine rings is 1. The molecule has 0 aliphatic rings. The van der Waals surface area contributed by atoms with Gasteiger partial charge in [-0.3, -0.25) is 4.79 Å². The quantitative estimate of drug-likeness (QED) is 0.619. The minimum Gasteiger partial charge on any atom is -0.492 e. The largest absolute Gasteiger partial charge is 0.492 e. The van der Waals surface area contributed by atoms with Crippen LogP contribution in [0.2, 0.25) is 0 Å². The van der Waals surface area contributed by atoms with E-state index in [0.29, 0.717) is 29.4 Å². The first kappa shape index (κ1) is 18.5. The van der Waals surface area contributed by atoms with Crippen LogP contribution in [-0.2, 0) is 6.42 Å². The van der Waals surface area contributed by atoms with Crippen LogP contribution >= 0.6 is 0 Å². The fourth-order valence-corrected chi connectivity index (χ4v) is 2.62. The topological polar surface area (TPSA) is 63.2 Å². The summed E-state index contributed by atoms with van der Waals surface area (Å²) in [5.41, 5.74) is 3.37. The highest BCUT2D eigenvalue weighted by molar-refractivity contribution is 6.04. The van der Waals surface area contributed by atoms with Gasteiger partial charge in [0.25, 0.3) is 5.91 Å². The number of amides is 1. The van der Waals surface area contributed by atoms with Crippen molar-refractivity contribution in [3.63, 3.8) is 0 Å². The molecule has 0 aliphatic heterocycles. The zero-order chi connectivity index (χ0) is 19.1. The molecule has 3 aromatic rings. The molecule has 2 aromatic carbocycles. The number of nitrogens with zero attached hydrogens (tertiary/aromatic N) is 1. The Morgan fingerprint density at radius 1 is 1.00 bits per heavy atom. The third-order valence-corrected chi connectivity index (χ3v) is 4.10. The van der Waals surface area contributed by atoms with Gasteiger partial charge >= 0.3 is 0 Å². The molecule has 1 aromatic heterocycles. The van der Waals surface area contributed by atoms with Gasteiger partial charge in [0, 0.05) is 11.9 Å². The molecule has 2 N–H and O–H groups in total. The van der Waals surface area contributed by atoms with Crippen LogP contribution in [-0.4, -0.2) is 17.5 Å². The summed E-state index contributed by atoms with van der Waals surface area (Å²) >= 11 is 0. The number of carbonyl (C=O) groups is 1. The first-order valence-electron chi connectivity index (χ1n) is 9.04. The van der Waals surface area contributed by atoms with Crippen LogP contribution in [0.15, 0.2) is 66.9 Å². The molecule has 0 saturated carbocycles. The van der Waals surface area contributed by atoms with Crippen molar-refractivity contribution < 1.29 is 9.53 Å². The van der Waals surface area contributed by atoms with Crippen LogP contribution in [0, 0.1) is 0 Å². The highest BCUT2D eigenvalue weighted by atomic mass is 16.5. The number of aryl methyl sites for hydroxylation is 1. The molecule has 5 nitrogen and oxygen atoms in total. The Morgan fingerprint density at radius 3 is 2.44 bits per heavy atom. The van der Waals surface area contributed by atoms with Gasteiger partial charge < -0.3 is 15.4 Å². The Bertz CT molecular complexity index is 890. The van der Waals surface area contributed by atoms with Crippen molar-refractivity contribution in [1.82, 2.24) is 4.98 Å². The summed E-state index contributed by atoms with van der Waals surface area (Å²) in [5.74, 6) is 1.11. The Labute approximate surface area is 159 Å². The predicted molar refractivity (Wildman–Crippen MR) is 109 cm³/mol. The number of rotatable bonds is 7. The van der Waals surface area contributed by atoms with E-state index in [0.717, 1.165) is 12.1 Å². The molecule has 0 aliphatic carbocycles. The van der Waals surface area contributed by atoms with E-state index in [9.17, 15) is 4.79 Å². The lowest BCUT2D eigenvalue weighted by Crippen LogP contribution is -2.13. The number of nitrogens with one attached hydrogen (secondary N) is 2. The van der Waals surface area contributed by atoms with E-state index in [1.807, 2.05) is 43.3 Å². The molecule has 0 radical (unpaired) electrons. The third-order valence-electron chi connectivity index (χ3n) is 4.10. The minimum absolute atomic E-state index is 0.228. The normalized spacial score (nSPS) is 10.3. The van der Waals surface area contributed by atoms with Crippen LogP contribution < -0.4 is 15.4 Å². The Balaban J connectivity index is 1.66. The van der Waals surface area contributed by atoms with Gasteiger partial charge in [0.2, 0.25) is 0 Å². The standard InChI is InChI=1S/C22H23N3O2/c1-3-16-9-12-18(13-10-16)24-21-14-11-17(15-23-21)22(26)25-19-7-5-6-8-20(19)27-4-2/h5-15H,3-4H2,1-2H3,(H,23,24)(H,25,26). The van der Waals surface area contributed by atoms with Gasteiger partial charge in [-0.25, -0.2) is 4.98 Å². The van der Waals surface area contributed by atoms with Gasteiger partial charge in [0.1, 0.15) is 11.6 Å². The second-order valence-corrected chi connectivity index (χ2v) is 5.99. The molecule has 5 heteroatoms. The Kier molecular flexibility index (Phi) is 6.05. The number of benzene rings is 2. The number of hydrogen-bond acceptors (Lipinski definition) is 4. The lowest BCUT2D eigenvalue weighted by Gasteiger charge is -2.11. The summed E-state index contributed by atoms with van der Waals surface area (Å²) in [6.45, 7) is 4.57. The lowest BCUT2D eigenvalue weighted by molar-refractivity contribution is 0.102. The molecule has 0 fully saturated rings. The van der Waals surface area contributed by atoms with Crippen molar-refractivity contribution in [2.45, 2.75) is 20.3 Å². The zero-order valence-electron chi connectivity index (χ0n) is 15.5. The highest BCUT2D eigenvalue weighted by Crippen LogP contribution is 2.24. The van der Waals surface area contributed by atoms with E-state index < -0.39 is 0 Å². The number of carbonyl (C=O) groups excluding carboxylic acids is 1. The molecule has 1 amide bonds. The first-order valence-corrected chi connectivity index (χ1v) is 9.04. The molecule has 0 spiro atoms. The monoisotopic (exact) mass is 361 g/mol. The maximum absolute atomic E-state index is 12.5. The molecule has 3 rings (SSSR count). The number of para-hydroxylation sites is 2. The summed E-state index contributed by atoms with van der Waals surface area (Å²) in [5, 5.41) is 6.10. The summed E-state index contributed by atoms with van der Waals surface area (Å²) in [6, 6.07) is 19.1. The second-order valence-electron chi connectivity index (χ2n) is 5.99. The van der Waals surface area contributed by atoms with Crippen LogP contribution in [0.1, 0.15) is 29.8 Å². The molecular weight excluding hydrogens is 338 g/mol. The highest BCUT2D eigenvalue weighted by Gasteiger charge is 2.10. The summed E-state index contributed by atoms with van der Waals surface area (Å²) in [7, 11) is 0. The fraction of sp³-hybridized carbons (Fsp3) is 0.182. The van der Waals surface area contributed by atoms with E-state index in [2.05, 4.69) is 34.7 Å². The molecule has 0 saturated heterocycles. The van der Waals surface area contributed by atoms with Gasteiger partial charge in [0.05, 0.1) is 17.9 Å². The molecular formula is C22H23N3O2. The van der Waals surface area contributed by atoms with Crippen molar-refractivity contribution in [3.05, 3.63) is 78.0 Å². The zero-order valence-corrected chi connectivity index (χ0v) is 15.5. The lowest BCUT2D eigenvalue weighted by atomic mass is 10.1. The summed E-state index contributed by atoms with van der Waals surface area (Å²) in [4.78, 5) is 16.8. The summed E-state index contributed by atoms with van der Waals surface area (Å²) < 4.78 is 5.54. The van der Waals surface area contributed by atoms with E-state index in [1.54, 1.807) is 18.3 Å². The second kappa shape index (κ2) is 8.85. The van der Waals surface area contributed by atoms with Gasteiger partial charge in [0.15, 0.2) is 0 Å². The fourth-order valence-electron chi connectivity index (χ4n) is 2.62. The maximum Gasteiger partial charge on any atom is 0.257 e. The Morgan fingerprint density at radius 2 is 1.78 bits per heavy atom. The average Bonchev–Trinajstić information content (AvgIpc) is 2.71. The molecule has 138 valence electrons. The van der Waals surface area contributed by atoms with Crippen molar-refractivity contribution >= 4 is 23.1 Å². The molecule has 0 bridgehead atoms. The van der Waals surface area contributed by atoms with Crippen LogP contribution in [0.5, 0.6) is 5.75 Å². The van der Waals surface area contributed by atoms with Crippen LogP contribution in [0.25, 0.3) is 0 Å². The minimum atomic E-state index is -0.228. The number of anilines is 3. The van der Waals surface area contributed by atoms with E-state index >= 15 is 0 Å². The predicted octanol–water partition coefficient (Wildman–Crippen LogP) is 5.04. The first-order chi connectivity index (χ1) is 13.2. The number of aromatic nitrogens is 1. The molecule has 27 heavy (non-hydrogen) atoms. The molecule has 0 atom stereocenters. The van der Waals surface area contributed by atoms with Crippen LogP contribution in [0.4, 0.5) is 17.2 Å².